The van der Waals surface area contributed by atoms with Gasteiger partial charge in [-0.3, -0.25) is 0 Å². The summed E-state index contributed by atoms with van der Waals surface area (Å²) in [6, 6.07) is 10.0. The second-order valence-electron chi connectivity index (χ2n) is 6.14. The van der Waals surface area contributed by atoms with Crippen LogP contribution < -0.4 is 5.32 Å². The zero-order valence-corrected chi connectivity index (χ0v) is 12.7. The Hall–Kier alpha value is -1.09. The third-order valence-corrected chi connectivity index (χ3v) is 4.98. The van der Waals surface area contributed by atoms with Crippen molar-refractivity contribution in [3.63, 3.8) is 0 Å². The lowest BCUT2D eigenvalue weighted by Crippen LogP contribution is -2.33. The van der Waals surface area contributed by atoms with Crippen LogP contribution in [0.25, 0.3) is 0 Å². The van der Waals surface area contributed by atoms with Gasteiger partial charge in [-0.05, 0) is 55.4 Å². The lowest BCUT2D eigenvalue weighted by Gasteiger charge is -2.39. The number of hydrogen-bond acceptors (Lipinski definition) is 2. The molecule has 2 fully saturated rings. The first kappa shape index (κ1) is 13.9. The fraction of sp³-hybridized carbons (Fsp3) is 0.588. The molecule has 2 aliphatic carbocycles. The molecule has 1 aromatic rings. The topological polar surface area (TPSA) is 21.3 Å². The number of benzene rings is 1. The Labute approximate surface area is 126 Å². The predicted molar refractivity (Wildman–Crippen MR) is 86.8 cm³/mol. The van der Waals surface area contributed by atoms with Crippen molar-refractivity contribution in [2.24, 2.45) is 11.8 Å². The van der Waals surface area contributed by atoms with Crippen molar-refractivity contribution < 1.29 is 4.74 Å². The summed E-state index contributed by atoms with van der Waals surface area (Å²) in [4.78, 5) is 0. The van der Waals surface area contributed by atoms with Gasteiger partial charge >= 0.3 is 0 Å². The maximum atomic E-state index is 5.96. The summed E-state index contributed by atoms with van der Waals surface area (Å²) < 4.78 is 5.96. The molecule has 2 saturated carbocycles. The molecule has 0 heterocycles. The van der Waals surface area contributed by atoms with Crippen molar-refractivity contribution in [3.8, 4) is 0 Å². The minimum Gasteiger partial charge on any atom is -0.468 e. The smallest absolute Gasteiger partial charge is 0.261 e. The van der Waals surface area contributed by atoms with Crippen molar-refractivity contribution in [2.75, 3.05) is 5.32 Å². The fourth-order valence-electron chi connectivity index (χ4n) is 3.76. The van der Waals surface area contributed by atoms with Gasteiger partial charge in [0.1, 0.15) is 6.10 Å². The molecular weight excluding hydrogens is 266 g/mol. The lowest BCUT2D eigenvalue weighted by molar-refractivity contribution is 0.0596. The van der Waals surface area contributed by atoms with E-state index in [1.165, 1.54) is 38.5 Å². The second-order valence-corrected chi connectivity index (χ2v) is 6.51. The molecule has 2 nitrogen and oxygen atoms in total. The van der Waals surface area contributed by atoms with E-state index in [-0.39, 0.29) is 0 Å². The Morgan fingerprint density at radius 3 is 2.55 bits per heavy atom. The third-order valence-electron chi connectivity index (χ3n) is 4.79. The molecule has 3 unspecified atom stereocenters. The second kappa shape index (κ2) is 6.57. The highest BCUT2D eigenvalue weighted by atomic mass is 32.1. The zero-order valence-electron chi connectivity index (χ0n) is 11.9. The minimum atomic E-state index is 0.318. The molecule has 20 heavy (non-hydrogen) atoms. The van der Waals surface area contributed by atoms with E-state index in [0.29, 0.717) is 11.3 Å². The quantitative estimate of drug-likeness (QED) is 0.793. The van der Waals surface area contributed by atoms with Crippen LogP contribution in [0.1, 0.15) is 44.9 Å². The standard InChI is InChI=1S/C17H23NOS/c20-17(18-15-8-2-1-3-9-15)19-16-11-10-13-6-4-5-7-14(13)12-16/h1-3,8-9,13-14,16H,4-7,10-12H2,(H,18,20). The Morgan fingerprint density at radius 1 is 1.00 bits per heavy atom. The Kier molecular flexibility index (Phi) is 4.56. The van der Waals surface area contributed by atoms with Crippen molar-refractivity contribution in [2.45, 2.75) is 51.0 Å². The Balaban J connectivity index is 1.49. The average molecular weight is 289 g/mol. The van der Waals surface area contributed by atoms with Gasteiger partial charge in [-0.2, -0.15) is 0 Å². The molecule has 0 aromatic heterocycles. The number of para-hydroxylation sites is 1. The number of hydrogen-bond donors (Lipinski definition) is 1. The Morgan fingerprint density at radius 2 is 1.75 bits per heavy atom. The molecule has 108 valence electrons. The minimum absolute atomic E-state index is 0.318. The van der Waals surface area contributed by atoms with Crippen LogP contribution in [-0.2, 0) is 4.74 Å². The molecule has 3 atom stereocenters. The van der Waals surface area contributed by atoms with Crippen molar-refractivity contribution >= 4 is 23.1 Å². The maximum absolute atomic E-state index is 5.96. The Bertz CT molecular complexity index is 448. The van der Waals surface area contributed by atoms with Gasteiger partial charge in [0.05, 0.1) is 0 Å². The number of fused-ring (bicyclic) bond motifs is 1. The summed E-state index contributed by atoms with van der Waals surface area (Å²) in [7, 11) is 0. The molecule has 0 amide bonds. The fourth-order valence-corrected chi connectivity index (χ4v) is 4.01. The van der Waals surface area contributed by atoms with Gasteiger partial charge in [0.15, 0.2) is 0 Å². The highest BCUT2D eigenvalue weighted by molar-refractivity contribution is 7.80. The first-order valence-electron chi connectivity index (χ1n) is 7.84. The summed E-state index contributed by atoms with van der Waals surface area (Å²) >= 11 is 5.33. The van der Waals surface area contributed by atoms with Gasteiger partial charge in [0, 0.05) is 5.69 Å². The van der Waals surface area contributed by atoms with E-state index in [9.17, 15) is 0 Å². The molecule has 0 spiro atoms. The van der Waals surface area contributed by atoms with Crippen LogP contribution in [0.3, 0.4) is 0 Å². The molecule has 0 aliphatic heterocycles. The SMILES string of the molecule is S=C(Nc1ccccc1)OC1CCC2CCCCC2C1. The molecule has 0 bridgehead atoms. The van der Waals surface area contributed by atoms with Crippen LogP contribution >= 0.6 is 12.2 Å². The van der Waals surface area contributed by atoms with Crippen molar-refractivity contribution in [1.29, 1.82) is 0 Å². The van der Waals surface area contributed by atoms with Crippen LogP contribution in [0.5, 0.6) is 0 Å². The van der Waals surface area contributed by atoms with E-state index < -0.39 is 0 Å². The third kappa shape index (κ3) is 3.51. The monoisotopic (exact) mass is 289 g/mol. The average Bonchev–Trinajstić information content (AvgIpc) is 2.48. The van der Waals surface area contributed by atoms with E-state index in [1.807, 2.05) is 30.3 Å². The van der Waals surface area contributed by atoms with E-state index in [4.69, 9.17) is 17.0 Å². The molecular formula is C17H23NOS. The van der Waals surface area contributed by atoms with E-state index in [0.717, 1.165) is 23.9 Å². The largest absolute Gasteiger partial charge is 0.468 e. The van der Waals surface area contributed by atoms with Gasteiger partial charge in [-0.15, -0.1) is 0 Å². The highest BCUT2D eigenvalue weighted by Crippen LogP contribution is 2.41. The number of ether oxygens (including phenoxy) is 1. The van der Waals surface area contributed by atoms with Crippen LogP contribution in [0.15, 0.2) is 30.3 Å². The van der Waals surface area contributed by atoms with E-state index in [1.54, 1.807) is 0 Å². The normalized spacial score (nSPS) is 29.3. The summed E-state index contributed by atoms with van der Waals surface area (Å²) in [5.41, 5.74) is 1.00. The molecule has 2 aliphatic rings. The number of anilines is 1. The van der Waals surface area contributed by atoms with E-state index in [2.05, 4.69) is 5.32 Å². The number of thiocarbonyl (C=S) groups is 1. The summed E-state index contributed by atoms with van der Waals surface area (Å²) in [6.45, 7) is 0. The van der Waals surface area contributed by atoms with Gasteiger partial charge in [-0.1, -0.05) is 43.9 Å². The maximum Gasteiger partial charge on any atom is 0.261 e. The summed E-state index contributed by atoms with van der Waals surface area (Å²) in [5, 5.41) is 3.69. The molecule has 3 heteroatoms. The van der Waals surface area contributed by atoms with Gasteiger partial charge in [-0.25, -0.2) is 0 Å². The first-order valence-corrected chi connectivity index (χ1v) is 8.25. The van der Waals surface area contributed by atoms with Gasteiger partial charge in [0.2, 0.25) is 0 Å². The van der Waals surface area contributed by atoms with Crippen molar-refractivity contribution in [3.05, 3.63) is 30.3 Å². The lowest BCUT2D eigenvalue weighted by atomic mass is 9.70. The number of rotatable bonds is 2. The van der Waals surface area contributed by atoms with Crippen molar-refractivity contribution in [1.82, 2.24) is 0 Å². The van der Waals surface area contributed by atoms with Crippen LogP contribution in [0.2, 0.25) is 0 Å². The molecule has 0 radical (unpaired) electrons. The summed E-state index contributed by atoms with van der Waals surface area (Å²) in [6.07, 6.45) is 9.66. The molecule has 3 rings (SSSR count). The van der Waals surface area contributed by atoms with Crippen LogP contribution in [-0.4, -0.2) is 11.3 Å². The zero-order chi connectivity index (χ0) is 13.8. The van der Waals surface area contributed by atoms with E-state index >= 15 is 0 Å². The molecule has 0 saturated heterocycles. The summed E-state index contributed by atoms with van der Waals surface area (Å²) in [5.74, 6) is 1.83. The number of nitrogens with one attached hydrogen (secondary N) is 1. The van der Waals surface area contributed by atoms with Crippen LogP contribution in [0, 0.1) is 11.8 Å². The molecule has 1 N–H and O–H groups in total. The van der Waals surface area contributed by atoms with Gasteiger partial charge < -0.3 is 10.1 Å². The van der Waals surface area contributed by atoms with Crippen LogP contribution in [0.4, 0.5) is 5.69 Å². The first-order chi connectivity index (χ1) is 9.81. The van der Waals surface area contributed by atoms with Gasteiger partial charge in [0.25, 0.3) is 5.17 Å². The molecule has 1 aromatic carbocycles. The predicted octanol–water partition coefficient (Wildman–Crippen LogP) is 4.76. The highest BCUT2D eigenvalue weighted by Gasteiger charge is 2.33.